The Bertz CT molecular complexity index is 101. The third kappa shape index (κ3) is 3.58. The van der Waals surface area contributed by atoms with E-state index in [2.05, 4.69) is 0 Å². The van der Waals surface area contributed by atoms with E-state index in [1.54, 1.807) is 13.8 Å². The molecule has 0 aromatic rings. The van der Waals surface area contributed by atoms with Crippen LogP contribution in [0.15, 0.2) is 0 Å². The van der Waals surface area contributed by atoms with Crippen LogP contribution in [0.25, 0.3) is 0 Å². The zero-order valence-corrected chi connectivity index (χ0v) is 6.46. The van der Waals surface area contributed by atoms with Crippen LogP contribution >= 0.6 is 0 Å². The van der Waals surface area contributed by atoms with Crippen LogP contribution in [0.2, 0.25) is 0 Å². The zero-order valence-electron chi connectivity index (χ0n) is 6.46. The van der Waals surface area contributed by atoms with Crippen LogP contribution in [0, 0.1) is 0 Å². The molecule has 60 valence electrons. The number of ketones is 1. The maximum atomic E-state index is 10.8. The Kier molecular flexibility index (Phi) is 5.16. The van der Waals surface area contributed by atoms with E-state index in [9.17, 15) is 4.79 Å². The lowest BCUT2D eigenvalue weighted by molar-refractivity contribution is -0.129. The molecule has 3 nitrogen and oxygen atoms in total. The summed E-state index contributed by atoms with van der Waals surface area (Å²) in [6.07, 6.45) is 0.129. The second-order valence-electron chi connectivity index (χ2n) is 2.06. The maximum Gasteiger partial charge on any atom is 0.160 e. The van der Waals surface area contributed by atoms with Crippen molar-refractivity contribution in [2.24, 2.45) is 0 Å². The SMILES string of the molecule is CCC(=O)C(C)OCCO. The molecule has 0 fully saturated rings. The van der Waals surface area contributed by atoms with Gasteiger partial charge in [-0.05, 0) is 6.92 Å². The lowest BCUT2D eigenvalue weighted by Gasteiger charge is -2.08. The van der Waals surface area contributed by atoms with Crippen LogP contribution in [0.4, 0.5) is 0 Å². The minimum Gasteiger partial charge on any atom is -0.394 e. The molecule has 0 rings (SSSR count). The van der Waals surface area contributed by atoms with E-state index in [1.165, 1.54) is 0 Å². The van der Waals surface area contributed by atoms with Crippen molar-refractivity contribution in [1.29, 1.82) is 0 Å². The van der Waals surface area contributed by atoms with Gasteiger partial charge in [-0.15, -0.1) is 0 Å². The highest BCUT2D eigenvalue weighted by Gasteiger charge is 2.09. The van der Waals surface area contributed by atoms with Gasteiger partial charge < -0.3 is 9.84 Å². The van der Waals surface area contributed by atoms with Crippen LogP contribution in [0.5, 0.6) is 0 Å². The molecular weight excluding hydrogens is 132 g/mol. The molecule has 0 amide bonds. The number of hydrogen-bond acceptors (Lipinski definition) is 3. The molecular formula is C7H14O3. The minimum atomic E-state index is -0.364. The molecule has 10 heavy (non-hydrogen) atoms. The Labute approximate surface area is 61.0 Å². The summed E-state index contributed by atoms with van der Waals surface area (Å²) in [4.78, 5) is 10.8. The fraction of sp³-hybridized carbons (Fsp3) is 0.857. The molecule has 0 radical (unpaired) electrons. The molecule has 0 aromatic carbocycles. The first-order chi connectivity index (χ1) is 4.72. The van der Waals surface area contributed by atoms with Gasteiger partial charge in [-0.2, -0.15) is 0 Å². The van der Waals surface area contributed by atoms with E-state index in [4.69, 9.17) is 9.84 Å². The molecule has 0 saturated heterocycles. The quantitative estimate of drug-likeness (QED) is 0.609. The summed E-state index contributed by atoms with van der Waals surface area (Å²) in [5.41, 5.74) is 0. The number of ether oxygens (including phenoxy) is 1. The molecule has 0 aliphatic rings. The average molecular weight is 146 g/mol. The Morgan fingerprint density at radius 1 is 1.70 bits per heavy atom. The van der Waals surface area contributed by atoms with Crippen molar-refractivity contribution in [2.45, 2.75) is 26.4 Å². The van der Waals surface area contributed by atoms with E-state index in [1.807, 2.05) is 0 Å². The van der Waals surface area contributed by atoms with Crippen molar-refractivity contribution >= 4 is 5.78 Å². The van der Waals surface area contributed by atoms with E-state index >= 15 is 0 Å². The predicted molar refractivity (Wildman–Crippen MR) is 37.8 cm³/mol. The Morgan fingerprint density at radius 3 is 2.70 bits per heavy atom. The molecule has 3 heteroatoms. The molecule has 0 aromatic heterocycles. The number of carbonyl (C=O) groups is 1. The van der Waals surface area contributed by atoms with Crippen molar-refractivity contribution in [1.82, 2.24) is 0 Å². The van der Waals surface area contributed by atoms with Gasteiger partial charge in [0.15, 0.2) is 5.78 Å². The third-order valence-corrected chi connectivity index (χ3v) is 1.26. The number of carbonyl (C=O) groups excluding carboxylic acids is 1. The van der Waals surface area contributed by atoms with E-state index in [0.717, 1.165) is 0 Å². The van der Waals surface area contributed by atoms with Crippen molar-refractivity contribution in [3.8, 4) is 0 Å². The topological polar surface area (TPSA) is 46.5 Å². The molecule has 0 aliphatic heterocycles. The molecule has 0 spiro atoms. The monoisotopic (exact) mass is 146 g/mol. The van der Waals surface area contributed by atoms with Crippen LogP contribution in [-0.4, -0.2) is 30.2 Å². The van der Waals surface area contributed by atoms with Gasteiger partial charge in [0.05, 0.1) is 13.2 Å². The van der Waals surface area contributed by atoms with Gasteiger partial charge in [-0.3, -0.25) is 4.79 Å². The first-order valence-corrected chi connectivity index (χ1v) is 3.47. The highest BCUT2D eigenvalue weighted by molar-refractivity contribution is 5.82. The molecule has 0 saturated carbocycles. The van der Waals surface area contributed by atoms with Gasteiger partial charge in [0.1, 0.15) is 6.10 Å². The first kappa shape index (κ1) is 9.59. The van der Waals surface area contributed by atoms with Gasteiger partial charge in [0, 0.05) is 6.42 Å². The highest BCUT2D eigenvalue weighted by atomic mass is 16.5. The maximum absolute atomic E-state index is 10.8. The summed E-state index contributed by atoms with van der Waals surface area (Å²) < 4.78 is 4.94. The van der Waals surface area contributed by atoms with Crippen molar-refractivity contribution in [3.05, 3.63) is 0 Å². The molecule has 0 aliphatic carbocycles. The van der Waals surface area contributed by atoms with Crippen molar-refractivity contribution < 1.29 is 14.6 Å². The average Bonchev–Trinajstić information content (AvgIpc) is 1.98. The smallest absolute Gasteiger partial charge is 0.160 e. The molecule has 1 N–H and O–H groups in total. The van der Waals surface area contributed by atoms with Gasteiger partial charge in [-0.25, -0.2) is 0 Å². The second-order valence-corrected chi connectivity index (χ2v) is 2.06. The summed E-state index contributed by atoms with van der Waals surface area (Å²) in [5, 5.41) is 8.33. The van der Waals surface area contributed by atoms with Gasteiger partial charge in [0.2, 0.25) is 0 Å². The Hall–Kier alpha value is -0.410. The Balaban J connectivity index is 3.41. The number of rotatable bonds is 5. The third-order valence-electron chi connectivity index (χ3n) is 1.26. The lowest BCUT2D eigenvalue weighted by Crippen LogP contribution is -2.21. The summed E-state index contributed by atoms with van der Waals surface area (Å²) >= 11 is 0. The van der Waals surface area contributed by atoms with Crippen LogP contribution in [-0.2, 0) is 9.53 Å². The summed E-state index contributed by atoms with van der Waals surface area (Å²) in [7, 11) is 0. The van der Waals surface area contributed by atoms with Gasteiger partial charge in [-0.1, -0.05) is 6.92 Å². The van der Waals surface area contributed by atoms with Crippen molar-refractivity contribution in [3.63, 3.8) is 0 Å². The largest absolute Gasteiger partial charge is 0.394 e. The normalized spacial score (nSPS) is 13.1. The first-order valence-electron chi connectivity index (χ1n) is 3.47. The van der Waals surface area contributed by atoms with E-state index in [-0.39, 0.29) is 25.1 Å². The lowest BCUT2D eigenvalue weighted by atomic mass is 10.2. The van der Waals surface area contributed by atoms with Crippen LogP contribution < -0.4 is 0 Å². The number of hydrogen-bond donors (Lipinski definition) is 1. The molecule has 0 bridgehead atoms. The van der Waals surface area contributed by atoms with E-state index in [0.29, 0.717) is 6.42 Å². The standard InChI is InChI=1S/C7H14O3/c1-3-7(9)6(2)10-5-4-8/h6,8H,3-5H2,1-2H3. The van der Waals surface area contributed by atoms with Crippen LogP contribution in [0.3, 0.4) is 0 Å². The number of aliphatic hydroxyl groups excluding tert-OH is 1. The van der Waals surface area contributed by atoms with Gasteiger partial charge in [0.25, 0.3) is 0 Å². The molecule has 1 atom stereocenters. The summed E-state index contributed by atoms with van der Waals surface area (Å²) in [6.45, 7) is 3.71. The second kappa shape index (κ2) is 5.38. The zero-order chi connectivity index (χ0) is 7.98. The number of Topliss-reactive ketones (excluding diaryl/α,β-unsaturated/α-hetero) is 1. The predicted octanol–water partition coefficient (Wildman–Crippen LogP) is 0.363. The minimum absolute atomic E-state index is 0.0265. The fourth-order valence-electron chi connectivity index (χ4n) is 0.610. The van der Waals surface area contributed by atoms with Crippen LogP contribution in [0.1, 0.15) is 20.3 Å². The number of aliphatic hydroxyl groups is 1. The van der Waals surface area contributed by atoms with Gasteiger partial charge >= 0.3 is 0 Å². The summed E-state index contributed by atoms with van der Waals surface area (Å²) in [5.74, 6) is 0.0773. The molecule has 0 heterocycles. The fourth-order valence-corrected chi connectivity index (χ4v) is 0.610. The summed E-state index contributed by atoms with van der Waals surface area (Å²) in [6, 6.07) is 0. The van der Waals surface area contributed by atoms with Crippen molar-refractivity contribution in [2.75, 3.05) is 13.2 Å². The van der Waals surface area contributed by atoms with E-state index < -0.39 is 0 Å². The highest BCUT2D eigenvalue weighted by Crippen LogP contribution is 1.94. The Morgan fingerprint density at radius 2 is 2.30 bits per heavy atom. The molecule has 1 unspecified atom stereocenters.